The number of nitrogens with zero attached hydrogens (tertiary/aromatic N) is 1. The molecule has 2 aromatic rings. The number of hydrogen-bond acceptors (Lipinski definition) is 4. The average Bonchev–Trinajstić information content (AvgIpc) is 2.77. The third kappa shape index (κ3) is 3.96. The highest BCUT2D eigenvalue weighted by Gasteiger charge is 2.13. The van der Waals surface area contributed by atoms with Crippen LogP contribution in [0.5, 0.6) is 0 Å². The average molecular weight is 310 g/mol. The first-order chi connectivity index (χ1) is 9.97. The number of amides is 2. The molecule has 0 unspecified atom stereocenters. The van der Waals surface area contributed by atoms with E-state index in [1.165, 1.54) is 0 Å². The largest absolute Gasteiger partial charge is 0.387 e. The van der Waals surface area contributed by atoms with Crippen molar-refractivity contribution < 1.29 is 14.4 Å². The van der Waals surface area contributed by atoms with E-state index in [1.54, 1.807) is 38.1 Å². The normalized spacial score (nSPS) is 12.0. The number of aliphatic hydroxyl groups is 1. The van der Waals surface area contributed by atoms with Crippen molar-refractivity contribution in [1.29, 1.82) is 0 Å². The van der Waals surface area contributed by atoms with Crippen molar-refractivity contribution in [2.24, 2.45) is 0 Å². The summed E-state index contributed by atoms with van der Waals surface area (Å²) >= 11 is 5.78. The Morgan fingerprint density at radius 2 is 2.05 bits per heavy atom. The van der Waals surface area contributed by atoms with Crippen LogP contribution in [-0.2, 0) is 0 Å². The van der Waals surface area contributed by atoms with Gasteiger partial charge >= 0.3 is 6.03 Å². The summed E-state index contributed by atoms with van der Waals surface area (Å²) in [6, 6.07) is 6.35. The molecule has 1 heterocycles. The van der Waals surface area contributed by atoms with E-state index in [0.717, 1.165) is 0 Å². The number of carbonyl (C=O) groups is 1. The molecule has 0 radical (unpaired) electrons. The Labute approximate surface area is 127 Å². The molecule has 2 amide bonds. The maximum atomic E-state index is 11.8. The van der Waals surface area contributed by atoms with Gasteiger partial charge < -0.3 is 20.3 Å². The Hall–Kier alpha value is -2.05. The Morgan fingerprint density at radius 1 is 1.38 bits per heavy atom. The first kappa shape index (κ1) is 15.3. The Balaban J connectivity index is 1.88. The van der Waals surface area contributed by atoms with Gasteiger partial charge in [-0.1, -0.05) is 28.9 Å². The zero-order chi connectivity index (χ0) is 15.4. The van der Waals surface area contributed by atoms with Gasteiger partial charge in [0.05, 0.1) is 6.10 Å². The van der Waals surface area contributed by atoms with Crippen LogP contribution in [0.2, 0.25) is 5.02 Å². The van der Waals surface area contributed by atoms with Gasteiger partial charge in [-0.05, 0) is 31.5 Å². The number of nitrogens with one attached hydrogen (secondary N) is 2. The van der Waals surface area contributed by atoms with E-state index in [2.05, 4.69) is 15.8 Å². The lowest BCUT2D eigenvalue weighted by Crippen LogP contribution is -2.32. The first-order valence-corrected chi connectivity index (χ1v) is 6.76. The molecule has 0 saturated heterocycles. The van der Waals surface area contributed by atoms with Gasteiger partial charge in [-0.3, -0.25) is 0 Å². The Kier molecular flexibility index (Phi) is 4.82. The molecule has 0 aliphatic rings. The third-order valence-electron chi connectivity index (χ3n) is 2.98. The van der Waals surface area contributed by atoms with Gasteiger partial charge in [0.1, 0.15) is 11.4 Å². The molecule has 2 rings (SSSR count). The zero-order valence-electron chi connectivity index (χ0n) is 11.7. The highest BCUT2D eigenvalue weighted by molar-refractivity contribution is 6.30. The predicted molar refractivity (Wildman–Crippen MR) is 79.4 cm³/mol. The minimum absolute atomic E-state index is 0.0802. The molecule has 1 atom stereocenters. The van der Waals surface area contributed by atoms with E-state index in [0.29, 0.717) is 27.7 Å². The number of aryl methyl sites for hydroxylation is 2. The van der Waals surface area contributed by atoms with Crippen LogP contribution in [0.4, 0.5) is 10.5 Å². The highest BCUT2D eigenvalue weighted by Crippen LogP contribution is 2.19. The van der Waals surface area contributed by atoms with Crippen molar-refractivity contribution >= 4 is 23.3 Å². The number of carbonyl (C=O) groups excluding carboxylic acids is 1. The van der Waals surface area contributed by atoms with Crippen LogP contribution >= 0.6 is 11.6 Å². The van der Waals surface area contributed by atoms with Crippen molar-refractivity contribution in [2.75, 3.05) is 11.9 Å². The summed E-state index contributed by atoms with van der Waals surface area (Å²) in [6.07, 6.45) is -0.808. The van der Waals surface area contributed by atoms with Crippen LogP contribution in [0.15, 0.2) is 28.8 Å². The fourth-order valence-electron chi connectivity index (χ4n) is 1.81. The van der Waals surface area contributed by atoms with Crippen molar-refractivity contribution in [2.45, 2.75) is 20.0 Å². The molecule has 0 bridgehead atoms. The molecule has 1 aromatic heterocycles. The van der Waals surface area contributed by atoms with E-state index >= 15 is 0 Å². The molecule has 21 heavy (non-hydrogen) atoms. The number of benzene rings is 1. The van der Waals surface area contributed by atoms with Crippen LogP contribution in [0.3, 0.4) is 0 Å². The van der Waals surface area contributed by atoms with Crippen LogP contribution in [0.25, 0.3) is 0 Å². The van der Waals surface area contributed by atoms with Crippen LogP contribution in [0, 0.1) is 13.8 Å². The second-order valence-electron chi connectivity index (χ2n) is 4.60. The monoisotopic (exact) mass is 309 g/mol. The lowest BCUT2D eigenvalue weighted by Gasteiger charge is -2.13. The molecule has 0 aliphatic heterocycles. The number of aromatic nitrogens is 1. The minimum atomic E-state index is -0.808. The Bertz CT molecular complexity index is 605. The van der Waals surface area contributed by atoms with Crippen molar-refractivity contribution in [3.63, 3.8) is 0 Å². The number of aliphatic hydroxyl groups excluding tert-OH is 1. The summed E-state index contributed by atoms with van der Waals surface area (Å²) < 4.78 is 4.95. The van der Waals surface area contributed by atoms with E-state index < -0.39 is 12.1 Å². The molecule has 112 valence electrons. The summed E-state index contributed by atoms with van der Waals surface area (Å²) in [5.41, 5.74) is 1.81. The molecule has 7 heteroatoms. The van der Waals surface area contributed by atoms with Gasteiger partial charge in [0, 0.05) is 11.6 Å². The molecular weight excluding hydrogens is 294 g/mol. The zero-order valence-corrected chi connectivity index (χ0v) is 12.4. The van der Waals surface area contributed by atoms with E-state index in [4.69, 9.17) is 16.1 Å². The van der Waals surface area contributed by atoms with Gasteiger partial charge in [0.2, 0.25) is 0 Å². The van der Waals surface area contributed by atoms with Gasteiger partial charge in [-0.15, -0.1) is 0 Å². The predicted octanol–water partition coefficient (Wildman–Crippen LogP) is 2.80. The maximum Gasteiger partial charge on any atom is 0.319 e. The summed E-state index contributed by atoms with van der Waals surface area (Å²) in [4.78, 5) is 11.8. The van der Waals surface area contributed by atoms with Crippen molar-refractivity contribution in [3.8, 4) is 0 Å². The maximum absolute atomic E-state index is 11.8. The molecule has 6 nitrogen and oxygen atoms in total. The molecule has 0 fully saturated rings. The second kappa shape index (κ2) is 6.60. The van der Waals surface area contributed by atoms with E-state index in [9.17, 15) is 9.90 Å². The van der Waals surface area contributed by atoms with E-state index in [1.807, 2.05) is 0 Å². The Morgan fingerprint density at radius 3 is 2.62 bits per heavy atom. The van der Waals surface area contributed by atoms with Gasteiger partial charge in [0.15, 0.2) is 5.76 Å². The number of rotatable bonds is 4. The molecule has 0 saturated carbocycles. The van der Waals surface area contributed by atoms with Crippen molar-refractivity contribution in [1.82, 2.24) is 10.5 Å². The van der Waals surface area contributed by atoms with Gasteiger partial charge in [-0.25, -0.2) is 4.79 Å². The standard InChI is InChI=1S/C14H16ClN3O3/c1-8-13(9(2)21-18-8)17-14(20)16-7-12(19)10-3-5-11(15)6-4-10/h3-6,12,19H,7H2,1-2H3,(H2,16,17,20)/t12-/m1/s1. The molecular formula is C14H16ClN3O3. The smallest absolute Gasteiger partial charge is 0.319 e. The summed E-state index contributed by atoms with van der Waals surface area (Å²) in [5, 5.41) is 19.5. The lowest BCUT2D eigenvalue weighted by molar-refractivity contribution is 0.175. The number of halogens is 1. The topological polar surface area (TPSA) is 87.4 Å². The van der Waals surface area contributed by atoms with Crippen LogP contribution < -0.4 is 10.6 Å². The molecule has 3 N–H and O–H groups in total. The fraction of sp³-hybridized carbons (Fsp3) is 0.286. The highest BCUT2D eigenvalue weighted by atomic mass is 35.5. The quantitative estimate of drug-likeness (QED) is 0.810. The van der Waals surface area contributed by atoms with Gasteiger partial charge in [-0.2, -0.15) is 0 Å². The first-order valence-electron chi connectivity index (χ1n) is 6.38. The summed E-state index contributed by atoms with van der Waals surface area (Å²) in [7, 11) is 0. The number of urea groups is 1. The van der Waals surface area contributed by atoms with Crippen molar-refractivity contribution in [3.05, 3.63) is 46.3 Å². The molecule has 0 aliphatic carbocycles. The second-order valence-corrected chi connectivity index (χ2v) is 5.04. The lowest BCUT2D eigenvalue weighted by atomic mass is 10.1. The van der Waals surface area contributed by atoms with E-state index in [-0.39, 0.29) is 6.54 Å². The molecule has 0 spiro atoms. The summed E-state index contributed by atoms with van der Waals surface area (Å²) in [5.74, 6) is 0.529. The molecule has 1 aromatic carbocycles. The minimum Gasteiger partial charge on any atom is -0.387 e. The SMILES string of the molecule is Cc1noc(C)c1NC(=O)NC[C@@H](O)c1ccc(Cl)cc1. The summed E-state index contributed by atoms with van der Waals surface area (Å²) in [6.45, 7) is 3.52. The number of anilines is 1. The van der Waals surface area contributed by atoms with Crippen LogP contribution in [-0.4, -0.2) is 22.8 Å². The van der Waals surface area contributed by atoms with Crippen LogP contribution in [0.1, 0.15) is 23.1 Å². The fourth-order valence-corrected chi connectivity index (χ4v) is 1.94. The number of hydrogen-bond donors (Lipinski definition) is 3. The van der Waals surface area contributed by atoms with Gasteiger partial charge in [0.25, 0.3) is 0 Å². The third-order valence-corrected chi connectivity index (χ3v) is 3.23.